The van der Waals surface area contributed by atoms with Crippen LogP contribution in [0.1, 0.15) is 13.3 Å². The number of hydrogen-bond donors (Lipinski definition) is 1. The Kier molecular flexibility index (Phi) is 3.76. The van der Waals surface area contributed by atoms with Crippen LogP contribution < -0.4 is 10.2 Å². The van der Waals surface area contributed by atoms with Crippen molar-refractivity contribution >= 4 is 45.9 Å². The summed E-state index contributed by atoms with van der Waals surface area (Å²) in [6.07, 6.45) is 0.310. The number of halogens is 2. The molecule has 4 rings (SSSR count). The second-order valence-electron chi connectivity index (χ2n) is 6.36. The second-order valence-corrected chi connectivity index (χ2v) is 6.77. The van der Waals surface area contributed by atoms with Gasteiger partial charge in [-0.2, -0.15) is 0 Å². The average molecular weight is 364 g/mol. The summed E-state index contributed by atoms with van der Waals surface area (Å²) in [5.74, 6) is -0.646. The zero-order chi connectivity index (χ0) is 17.7. The fraction of sp³-hybridized carbons (Fsp3) is 0.353. The molecular formula is C17H15ClFN3O3. The molecule has 0 spiro atoms. The highest BCUT2D eigenvalue weighted by Crippen LogP contribution is 2.36. The van der Waals surface area contributed by atoms with Gasteiger partial charge in [-0.3, -0.25) is 9.69 Å². The third-order valence-corrected chi connectivity index (χ3v) is 4.75. The lowest BCUT2D eigenvalue weighted by molar-refractivity contribution is -0.117. The van der Waals surface area contributed by atoms with E-state index in [0.29, 0.717) is 33.9 Å². The number of alkyl halides is 1. The van der Waals surface area contributed by atoms with E-state index in [4.69, 9.17) is 16.3 Å². The van der Waals surface area contributed by atoms with Gasteiger partial charge in [0.05, 0.1) is 17.0 Å². The molecule has 3 unspecified atom stereocenters. The first-order valence-electron chi connectivity index (χ1n) is 7.94. The zero-order valence-corrected chi connectivity index (χ0v) is 14.1. The second kappa shape index (κ2) is 5.84. The lowest BCUT2D eigenvalue weighted by atomic mass is 10.1. The first kappa shape index (κ1) is 16.1. The van der Waals surface area contributed by atoms with Crippen LogP contribution in [0.5, 0.6) is 0 Å². The number of anilines is 2. The number of hydrogen-bond acceptors (Lipinski definition) is 4. The average Bonchev–Trinajstić information content (AvgIpc) is 3.20. The van der Waals surface area contributed by atoms with Crippen LogP contribution in [-0.2, 0) is 9.53 Å². The number of rotatable bonds is 3. The maximum Gasteiger partial charge on any atom is 0.414 e. The van der Waals surface area contributed by atoms with Crippen LogP contribution in [0.25, 0.3) is 10.8 Å². The fourth-order valence-electron chi connectivity index (χ4n) is 2.94. The van der Waals surface area contributed by atoms with Crippen LogP contribution in [0.15, 0.2) is 24.4 Å². The maximum atomic E-state index is 13.0. The van der Waals surface area contributed by atoms with Crippen molar-refractivity contribution in [3.63, 3.8) is 0 Å². The lowest BCUT2D eigenvalue weighted by Gasteiger charge is -2.19. The summed E-state index contributed by atoms with van der Waals surface area (Å²) in [4.78, 5) is 29.5. The number of nitrogens with zero attached hydrogens (tertiary/aromatic N) is 2. The van der Waals surface area contributed by atoms with Gasteiger partial charge >= 0.3 is 6.09 Å². The standard InChI is InChI=1S/C17H15ClFN3O3/c1-8-7-25-17(24)22(8)10-2-9-3-15(20-6-12(9)13(18)4-10)21-16(23)11-5-14(11)19/h2-4,6,8,11,14H,5,7H2,1H3,(H,20,21,23). The molecule has 0 bridgehead atoms. The van der Waals surface area contributed by atoms with Crippen molar-refractivity contribution in [1.82, 2.24) is 4.98 Å². The summed E-state index contributed by atoms with van der Waals surface area (Å²) in [6, 6.07) is 5.03. The molecule has 1 saturated carbocycles. The smallest absolute Gasteiger partial charge is 0.414 e. The van der Waals surface area contributed by atoms with Crippen molar-refractivity contribution in [2.45, 2.75) is 25.6 Å². The van der Waals surface area contributed by atoms with Gasteiger partial charge < -0.3 is 10.1 Å². The maximum absolute atomic E-state index is 13.0. The van der Waals surface area contributed by atoms with Gasteiger partial charge in [-0.15, -0.1) is 0 Å². The molecule has 1 aliphatic heterocycles. The summed E-state index contributed by atoms with van der Waals surface area (Å²) >= 11 is 6.32. The van der Waals surface area contributed by atoms with E-state index < -0.39 is 18.2 Å². The van der Waals surface area contributed by atoms with Gasteiger partial charge in [0.25, 0.3) is 0 Å². The Morgan fingerprint density at radius 2 is 2.20 bits per heavy atom. The number of carbonyl (C=O) groups is 2. The van der Waals surface area contributed by atoms with Crippen molar-refractivity contribution in [3.05, 3.63) is 29.4 Å². The Balaban J connectivity index is 1.68. The first-order chi connectivity index (χ1) is 11.9. The molecule has 1 saturated heterocycles. The van der Waals surface area contributed by atoms with Crippen LogP contribution >= 0.6 is 11.6 Å². The number of aromatic nitrogens is 1. The van der Waals surface area contributed by atoms with Crippen LogP contribution in [0.4, 0.5) is 20.7 Å². The van der Waals surface area contributed by atoms with Crippen molar-refractivity contribution in [2.24, 2.45) is 5.92 Å². The Morgan fingerprint density at radius 1 is 1.44 bits per heavy atom. The minimum atomic E-state index is -1.07. The van der Waals surface area contributed by atoms with Crippen LogP contribution in [0.2, 0.25) is 5.02 Å². The van der Waals surface area contributed by atoms with E-state index in [1.165, 1.54) is 4.90 Å². The number of carbonyl (C=O) groups excluding carboxylic acids is 2. The van der Waals surface area contributed by atoms with Crippen molar-refractivity contribution in [2.75, 3.05) is 16.8 Å². The Hall–Kier alpha value is -2.41. The molecule has 2 aliphatic rings. The molecule has 0 radical (unpaired) electrons. The van der Waals surface area contributed by atoms with E-state index in [0.717, 1.165) is 0 Å². The summed E-state index contributed by atoms with van der Waals surface area (Å²) in [6.45, 7) is 2.20. The molecule has 6 nitrogen and oxygen atoms in total. The number of amides is 2. The molecule has 1 aliphatic carbocycles. The van der Waals surface area contributed by atoms with Crippen molar-refractivity contribution < 1.29 is 18.7 Å². The van der Waals surface area contributed by atoms with Crippen LogP contribution in [-0.4, -0.2) is 35.8 Å². The predicted molar refractivity (Wildman–Crippen MR) is 91.7 cm³/mol. The minimum absolute atomic E-state index is 0.0987. The molecule has 2 fully saturated rings. The number of pyridine rings is 1. The normalized spacial score (nSPS) is 25.2. The number of benzene rings is 1. The van der Waals surface area contributed by atoms with Gasteiger partial charge in [0.2, 0.25) is 5.91 Å². The monoisotopic (exact) mass is 363 g/mol. The first-order valence-corrected chi connectivity index (χ1v) is 8.32. The highest BCUT2D eigenvalue weighted by molar-refractivity contribution is 6.36. The summed E-state index contributed by atoms with van der Waals surface area (Å²) in [5.41, 5.74) is 0.613. The van der Waals surface area contributed by atoms with E-state index in [1.54, 1.807) is 24.4 Å². The van der Waals surface area contributed by atoms with E-state index in [-0.39, 0.29) is 18.4 Å². The predicted octanol–water partition coefficient (Wildman–Crippen LogP) is 3.53. The highest BCUT2D eigenvalue weighted by Gasteiger charge is 2.43. The van der Waals surface area contributed by atoms with E-state index in [2.05, 4.69) is 10.3 Å². The fourth-order valence-corrected chi connectivity index (χ4v) is 3.21. The van der Waals surface area contributed by atoms with Crippen molar-refractivity contribution in [1.29, 1.82) is 0 Å². The van der Waals surface area contributed by atoms with E-state index in [1.807, 2.05) is 6.92 Å². The molecule has 1 aromatic heterocycles. The molecule has 2 aromatic rings. The molecule has 25 heavy (non-hydrogen) atoms. The molecule has 1 aromatic carbocycles. The quantitative estimate of drug-likeness (QED) is 0.905. The summed E-state index contributed by atoms with van der Waals surface area (Å²) < 4.78 is 18.0. The van der Waals surface area contributed by atoms with Gasteiger partial charge in [0, 0.05) is 17.3 Å². The minimum Gasteiger partial charge on any atom is -0.447 e. The molecule has 2 amide bonds. The number of ether oxygens (including phenoxy) is 1. The number of nitrogens with one attached hydrogen (secondary N) is 1. The Labute approximate surface area is 147 Å². The van der Waals surface area contributed by atoms with Crippen molar-refractivity contribution in [3.8, 4) is 0 Å². The van der Waals surface area contributed by atoms with Crippen LogP contribution in [0.3, 0.4) is 0 Å². The topological polar surface area (TPSA) is 71.5 Å². The largest absolute Gasteiger partial charge is 0.447 e. The molecule has 130 valence electrons. The van der Waals surface area contributed by atoms with Gasteiger partial charge in [0.15, 0.2) is 0 Å². The van der Waals surface area contributed by atoms with Gasteiger partial charge in [-0.25, -0.2) is 14.2 Å². The SMILES string of the molecule is CC1COC(=O)N1c1cc(Cl)c2cnc(NC(=O)C3CC3F)cc2c1. The zero-order valence-electron chi connectivity index (χ0n) is 13.3. The third-order valence-electron chi connectivity index (χ3n) is 4.44. The number of fused-ring (bicyclic) bond motifs is 1. The molecule has 2 heterocycles. The summed E-state index contributed by atoms with van der Waals surface area (Å²) in [7, 11) is 0. The molecular weight excluding hydrogens is 349 g/mol. The van der Waals surface area contributed by atoms with Crippen LogP contribution in [0, 0.1) is 5.92 Å². The van der Waals surface area contributed by atoms with E-state index in [9.17, 15) is 14.0 Å². The summed E-state index contributed by atoms with van der Waals surface area (Å²) in [5, 5.41) is 4.46. The molecule has 3 atom stereocenters. The lowest BCUT2D eigenvalue weighted by Crippen LogP contribution is -2.30. The Morgan fingerprint density at radius 3 is 2.84 bits per heavy atom. The molecule has 8 heteroatoms. The Bertz CT molecular complexity index is 891. The van der Waals surface area contributed by atoms with Gasteiger partial charge in [-0.05, 0) is 36.9 Å². The van der Waals surface area contributed by atoms with Gasteiger partial charge in [0.1, 0.15) is 18.6 Å². The van der Waals surface area contributed by atoms with E-state index >= 15 is 0 Å². The highest BCUT2D eigenvalue weighted by atomic mass is 35.5. The van der Waals surface area contributed by atoms with Gasteiger partial charge in [-0.1, -0.05) is 11.6 Å². The third kappa shape index (κ3) is 2.89. The molecule has 1 N–H and O–H groups in total. The number of cyclic esters (lactones) is 1.